The van der Waals surface area contributed by atoms with Gasteiger partial charge in [0.1, 0.15) is 24.2 Å². The number of unbranched alkanes of at least 4 members (excludes halogenated alkanes) is 8. The van der Waals surface area contributed by atoms with E-state index in [2.05, 4.69) is 12.2 Å². The maximum Gasteiger partial charge on any atom is 0.336 e. The molecule has 0 aliphatic heterocycles. The summed E-state index contributed by atoms with van der Waals surface area (Å²) in [5.74, 6) is -3.44. The van der Waals surface area contributed by atoms with Crippen molar-refractivity contribution in [3.8, 4) is 5.75 Å². The van der Waals surface area contributed by atoms with Gasteiger partial charge in [-0.1, -0.05) is 113 Å². The van der Waals surface area contributed by atoms with E-state index in [1.165, 1.54) is 32.4 Å². The molecule has 0 saturated heterocycles. The molecule has 0 radical (unpaired) electrons. The number of carbonyl (C=O) groups excluding carboxylic acids is 3. The smallest absolute Gasteiger partial charge is 0.336 e. The Morgan fingerprint density at radius 1 is 0.816 bits per heavy atom. The minimum absolute atomic E-state index is 0.0917. The molecule has 9 nitrogen and oxygen atoms in total. The summed E-state index contributed by atoms with van der Waals surface area (Å²) in [6.07, 6.45) is 14.4. The Labute approximate surface area is 292 Å². The molecule has 0 bridgehead atoms. The highest BCUT2D eigenvalue weighted by atomic mass is 16.5. The first-order valence-electron chi connectivity index (χ1n) is 17.9. The lowest BCUT2D eigenvalue weighted by Crippen LogP contribution is -2.54. The number of Topliss-reactive ketones (excluding diaryl/α,β-unsaturated/α-hetero) is 1. The monoisotopic (exact) mass is 679 g/mol. The number of hydrogen-bond acceptors (Lipinski definition) is 7. The molecule has 0 heterocycles. The molecule has 270 valence electrons. The minimum Gasteiger partial charge on any atom is -0.489 e. The summed E-state index contributed by atoms with van der Waals surface area (Å²) >= 11 is 0. The fourth-order valence-electron chi connectivity index (χ4n) is 5.76. The van der Waals surface area contributed by atoms with E-state index >= 15 is 0 Å². The highest BCUT2D eigenvalue weighted by Gasteiger charge is 2.46. The van der Waals surface area contributed by atoms with E-state index in [0.29, 0.717) is 43.8 Å². The van der Waals surface area contributed by atoms with E-state index in [1.807, 2.05) is 30.3 Å². The summed E-state index contributed by atoms with van der Waals surface area (Å²) in [6.45, 7) is 4.31. The van der Waals surface area contributed by atoms with Crippen molar-refractivity contribution < 1.29 is 38.9 Å². The average Bonchev–Trinajstić information content (AvgIpc) is 3.10. The first-order chi connectivity index (χ1) is 23.6. The van der Waals surface area contributed by atoms with E-state index in [-0.39, 0.29) is 12.8 Å². The number of ketones is 1. The van der Waals surface area contributed by atoms with E-state index in [1.54, 1.807) is 37.3 Å². The molecule has 9 heteroatoms. The number of amides is 1. The van der Waals surface area contributed by atoms with Gasteiger partial charge in [0.15, 0.2) is 5.60 Å². The third-order valence-corrected chi connectivity index (χ3v) is 8.68. The number of carbonyl (C=O) groups is 4. The van der Waals surface area contributed by atoms with Gasteiger partial charge in [-0.2, -0.15) is 0 Å². The second-order valence-corrected chi connectivity index (χ2v) is 12.7. The van der Waals surface area contributed by atoms with E-state index in [0.717, 1.165) is 49.7 Å². The molecule has 2 aromatic carbocycles. The lowest BCUT2D eigenvalue weighted by atomic mass is 9.82. The number of methoxy groups -OCH3 is 1. The summed E-state index contributed by atoms with van der Waals surface area (Å²) in [4.78, 5) is 50.8. The maximum atomic E-state index is 13.6. The Morgan fingerprint density at radius 2 is 1.45 bits per heavy atom. The van der Waals surface area contributed by atoms with Gasteiger partial charge in [0.2, 0.25) is 5.91 Å². The molecule has 2 rings (SSSR count). The SMILES string of the molecule is CCCCCCCC(=O)CCCCCC/C=C/[C@H](C(=O)N[C@@H](Cc1ccc(OCc2ccccc2)cc1)C(=O)OC)[C@@](O)(CCC)C(=O)O. The van der Waals surface area contributed by atoms with Crippen molar-refractivity contribution in [1.82, 2.24) is 5.32 Å². The Balaban J connectivity index is 1.98. The molecule has 0 saturated carbocycles. The molecule has 0 aliphatic rings. The fraction of sp³-hybridized carbons (Fsp3) is 0.550. The summed E-state index contributed by atoms with van der Waals surface area (Å²) in [6, 6.07) is 15.8. The van der Waals surface area contributed by atoms with Crippen LogP contribution in [-0.4, -0.2) is 52.6 Å². The second kappa shape index (κ2) is 23.4. The lowest BCUT2D eigenvalue weighted by molar-refractivity contribution is -0.167. The van der Waals surface area contributed by atoms with E-state index in [9.17, 15) is 29.4 Å². The minimum atomic E-state index is -2.36. The third kappa shape index (κ3) is 15.4. The number of carboxylic acid groups (broad SMARTS) is 1. The Morgan fingerprint density at radius 3 is 2.04 bits per heavy atom. The largest absolute Gasteiger partial charge is 0.489 e. The molecule has 1 amide bonds. The van der Waals surface area contributed by atoms with Gasteiger partial charge < -0.3 is 25.0 Å². The van der Waals surface area contributed by atoms with Crippen LogP contribution >= 0.6 is 0 Å². The number of benzene rings is 2. The average molecular weight is 680 g/mol. The predicted molar refractivity (Wildman–Crippen MR) is 191 cm³/mol. The van der Waals surface area contributed by atoms with Gasteiger partial charge in [0, 0.05) is 19.3 Å². The van der Waals surface area contributed by atoms with E-state index in [4.69, 9.17) is 9.47 Å². The molecular formula is C40H57NO8. The standard InChI is InChI=1S/C40H57NO8/c1-4-6-7-10-16-21-33(42)22-17-11-8-9-12-18-23-35(40(47,28-5-2)39(45)46)37(43)41-36(38(44)48-3)29-31-24-26-34(27-25-31)49-30-32-19-14-13-15-20-32/h13-15,18-20,23-27,35-36,47H,4-12,16-17,21-22,28-30H2,1-3H3,(H,41,43)(H,45,46)/b23-18+/t35-,36+,40+/m1/s1. The molecule has 0 aromatic heterocycles. The first kappa shape index (κ1) is 41.2. The molecule has 0 spiro atoms. The highest BCUT2D eigenvalue weighted by Crippen LogP contribution is 2.27. The number of carboxylic acids is 1. The second-order valence-electron chi connectivity index (χ2n) is 12.7. The number of rotatable bonds is 26. The zero-order valence-electron chi connectivity index (χ0n) is 29.7. The van der Waals surface area contributed by atoms with Crippen molar-refractivity contribution in [2.75, 3.05) is 7.11 Å². The first-order valence-corrected chi connectivity index (χ1v) is 17.9. The Bertz CT molecular complexity index is 1290. The van der Waals surface area contributed by atoms with Crippen molar-refractivity contribution in [1.29, 1.82) is 0 Å². The number of ether oxygens (including phenoxy) is 2. The molecule has 0 fully saturated rings. The normalized spacial score (nSPS) is 13.7. The van der Waals surface area contributed by atoms with Crippen molar-refractivity contribution >= 4 is 23.6 Å². The van der Waals surface area contributed by atoms with Crippen LogP contribution in [0, 0.1) is 5.92 Å². The molecule has 0 aliphatic carbocycles. The molecule has 0 unspecified atom stereocenters. The van der Waals surface area contributed by atoms with Gasteiger partial charge in [-0.05, 0) is 55.4 Å². The predicted octanol–water partition coefficient (Wildman–Crippen LogP) is 7.52. The van der Waals surface area contributed by atoms with Gasteiger partial charge in [0.25, 0.3) is 0 Å². The molecule has 3 N–H and O–H groups in total. The summed E-state index contributed by atoms with van der Waals surface area (Å²) in [5.41, 5.74) is -0.602. The number of aliphatic hydroxyl groups is 1. The van der Waals surface area contributed by atoms with Crippen LogP contribution in [0.25, 0.3) is 0 Å². The quantitative estimate of drug-likeness (QED) is 0.0527. The number of esters is 1. The number of aliphatic carboxylic acids is 1. The van der Waals surface area contributed by atoms with Crippen LogP contribution in [0.3, 0.4) is 0 Å². The van der Waals surface area contributed by atoms with Crippen LogP contribution in [0.2, 0.25) is 0 Å². The number of nitrogens with one attached hydrogen (secondary N) is 1. The lowest BCUT2D eigenvalue weighted by Gasteiger charge is -2.30. The molecule has 49 heavy (non-hydrogen) atoms. The van der Waals surface area contributed by atoms with Crippen molar-refractivity contribution in [2.45, 2.75) is 128 Å². The summed E-state index contributed by atoms with van der Waals surface area (Å²) in [7, 11) is 1.22. The fourth-order valence-corrected chi connectivity index (χ4v) is 5.76. The van der Waals surface area contributed by atoms with Crippen molar-refractivity contribution in [3.63, 3.8) is 0 Å². The van der Waals surface area contributed by atoms with Gasteiger partial charge in [-0.3, -0.25) is 9.59 Å². The van der Waals surface area contributed by atoms with Crippen LogP contribution < -0.4 is 10.1 Å². The molecule has 2 aromatic rings. The van der Waals surface area contributed by atoms with Gasteiger partial charge in [0.05, 0.1) is 13.0 Å². The van der Waals surface area contributed by atoms with Gasteiger partial charge in [-0.25, -0.2) is 9.59 Å². The van der Waals surface area contributed by atoms with Crippen LogP contribution in [0.5, 0.6) is 5.75 Å². The maximum absolute atomic E-state index is 13.6. The van der Waals surface area contributed by atoms with Crippen molar-refractivity contribution in [2.24, 2.45) is 5.92 Å². The van der Waals surface area contributed by atoms with Crippen LogP contribution in [0.1, 0.15) is 115 Å². The Kier molecular flexibility index (Phi) is 19.7. The van der Waals surface area contributed by atoms with Gasteiger partial charge >= 0.3 is 11.9 Å². The third-order valence-electron chi connectivity index (χ3n) is 8.68. The zero-order valence-corrected chi connectivity index (χ0v) is 29.7. The number of hydrogen-bond donors (Lipinski definition) is 3. The zero-order chi connectivity index (χ0) is 35.9. The van der Waals surface area contributed by atoms with Gasteiger partial charge in [-0.15, -0.1) is 0 Å². The topological polar surface area (TPSA) is 139 Å². The number of allylic oxidation sites excluding steroid dienone is 1. The summed E-state index contributed by atoms with van der Waals surface area (Å²) < 4.78 is 10.8. The van der Waals surface area contributed by atoms with Crippen LogP contribution in [-0.2, 0) is 36.9 Å². The molecule has 3 atom stereocenters. The highest BCUT2D eigenvalue weighted by molar-refractivity contribution is 5.92. The van der Waals surface area contributed by atoms with Crippen LogP contribution in [0.15, 0.2) is 66.7 Å². The van der Waals surface area contributed by atoms with Crippen molar-refractivity contribution in [3.05, 3.63) is 77.9 Å². The Hall–Kier alpha value is -3.98. The molecular weight excluding hydrogens is 622 g/mol. The van der Waals surface area contributed by atoms with Crippen LogP contribution in [0.4, 0.5) is 0 Å². The summed E-state index contributed by atoms with van der Waals surface area (Å²) in [5, 5.41) is 23.9. The van der Waals surface area contributed by atoms with E-state index < -0.39 is 35.4 Å².